The molecular formula is C24H28N2O3. The second-order valence-electron chi connectivity index (χ2n) is 8.20. The molecule has 29 heavy (non-hydrogen) atoms. The van der Waals surface area contributed by atoms with Crippen LogP contribution in [0.25, 0.3) is 11.3 Å². The summed E-state index contributed by atoms with van der Waals surface area (Å²) < 4.78 is 11.2. The van der Waals surface area contributed by atoms with E-state index in [1.807, 2.05) is 49.4 Å². The Morgan fingerprint density at radius 1 is 1.14 bits per heavy atom. The lowest BCUT2D eigenvalue weighted by molar-refractivity contribution is -0.116. The summed E-state index contributed by atoms with van der Waals surface area (Å²) in [5.41, 5.74) is 3.95. The van der Waals surface area contributed by atoms with E-state index in [2.05, 4.69) is 31.1 Å². The molecule has 5 nitrogen and oxygen atoms in total. The molecule has 1 N–H and O–H groups in total. The highest BCUT2D eigenvalue weighted by molar-refractivity contribution is 5.92. The number of aryl methyl sites for hydroxylation is 2. The van der Waals surface area contributed by atoms with Gasteiger partial charge in [0.1, 0.15) is 5.75 Å². The number of ether oxygens (including phenoxy) is 1. The molecule has 0 atom stereocenters. The molecule has 0 bridgehead atoms. The van der Waals surface area contributed by atoms with Gasteiger partial charge in [-0.15, -0.1) is 0 Å². The fraction of sp³-hybridized carbons (Fsp3) is 0.333. The number of hydrogen-bond acceptors (Lipinski definition) is 4. The molecule has 1 amide bonds. The molecule has 1 heterocycles. The van der Waals surface area contributed by atoms with Gasteiger partial charge in [-0.05, 0) is 30.0 Å². The van der Waals surface area contributed by atoms with Gasteiger partial charge in [0.05, 0.1) is 19.0 Å². The van der Waals surface area contributed by atoms with Gasteiger partial charge in [0.25, 0.3) is 0 Å². The van der Waals surface area contributed by atoms with Crippen molar-refractivity contribution in [3.8, 4) is 17.1 Å². The average Bonchev–Trinajstić information content (AvgIpc) is 3.15. The van der Waals surface area contributed by atoms with Crippen LogP contribution in [0.3, 0.4) is 0 Å². The van der Waals surface area contributed by atoms with Gasteiger partial charge in [-0.3, -0.25) is 4.79 Å². The number of oxazole rings is 1. The van der Waals surface area contributed by atoms with Crippen LogP contribution >= 0.6 is 0 Å². The Labute approximate surface area is 172 Å². The van der Waals surface area contributed by atoms with E-state index in [1.54, 1.807) is 13.3 Å². The predicted molar refractivity (Wildman–Crippen MR) is 115 cm³/mol. The van der Waals surface area contributed by atoms with Gasteiger partial charge in [-0.2, -0.15) is 0 Å². The van der Waals surface area contributed by atoms with Crippen molar-refractivity contribution in [2.24, 2.45) is 0 Å². The molecule has 2 aromatic carbocycles. The Hall–Kier alpha value is -3.08. The maximum atomic E-state index is 12.5. The van der Waals surface area contributed by atoms with Crippen LogP contribution in [-0.4, -0.2) is 18.0 Å². The number of rotatable bonds is 6. The van der Waals surface area contributed by atoms with Crippen LogP contribution in [0.15, 0.2) is 53.1 Å². The summed E-state index contributed by atoms with van der Waals surface area (Å²) in [6, 6.07) is 13.9. The molecule has 3 rings (SSSR count). The van der Waals surface area contributed by atoms with Gasteiger partial charge in [0, 0.05) is 18.4 Å². The molecule has 1 aromatic heterocycles. The zero-order valence-corrected chi connectivity index (χ0v) is 17.7. The minimum absolute atomic E-state index is 0.0176. The lowest BCUT2D eigenvalue weighted by Gasteiger charge is -2.21. The largest absolute Gasteiger partial charge is 0.495 e. The zero-order chi connectivity index (χ0) is 21.0. The van der Waals surface area contributed by atoms with Crippen molar-refractivity contribution in [1.29, 1.82) is 0 Å². The van der Waals surface area contributed by atoms with E-state index in [-0.39, 0.29) is 17.7 Å². The van der Waals surface area contributed by atoms with Crippen molar-refractivity contribution in [2.75, 3.05) is 12.4 Å². The maximum Gasteiger partial charge on any atom is 0.224 e. The first-order valence-electron chi connectivity index (χ1n) is 9.76. The van der Waals surface area contributed by atoms with Crippen molar-refractivity contribution < 1.29 is 13.9 Å². The molecule has 0 aliphatic rings. The van der Waals surface area contributed by atoms with E-state index in [0.717, 1.165) is 11.1 Å². The molecule has 0 saturated carbocycles. The first kappa shape index (κ1) is 20.6. The lowest BCUT2D eigenvalue weighted by atomic mass is 9.87. The number of carbonyl (C=O) groups is 1. The summed E-state index contributed by atoms with van der Waals surface area (Å²) in [5.74, 6) is 1.79. The summed E-state index contributed by atoms with van der Waals surface area (Å²) in [6.07, 6.45) is 2.41. The molecular weight excluding hydrogens is 364 g/mol. The number of hydrogen-bond donors (Lipinski definition) is 1. The molecule has 3 aromatic rings. The number of amides is 1. The van der Waals surface area contributed by atoms with Crippen LogP contribution < -0.4 is 10.1 Å². The number of nitrogens with one attached hydrogen (secondary N) is 1. The molecule has 0 saturated heterocycles. The number of aromatic nitrogens is 1. The Morgan fingerprint density at radius 2 is 1.86 bits per heavy atom. The van der Waals surface area contributed by atoms with E-state index in [9.17, 15) is 4.79 Å². The Morgan fingerprint density at radius 3 is 2.52 bits per heavy atom. The summed E-state index contributed by atoms with van der Waals surface area (Å²) in [7, 11) is 1.60. The van der Waals surface area contributed by atoms with Gasteiger partial charge in [-0.25, -0.2) is 4.98 Å². The quantitative estimate of drug-likeness (QED) is 0.599. The minimum atomic E-state index is -0.107. The lowest BCUT2D eigenvalue weighted by Crippen LogP contribution is -2.16. The highest BCUT2D eigenvalue weighted by atomic mass is 16.5. The van der Waals surface area contributed by atoms with Gasteiger partial charge in [0.2, 0.25) is 5.91 Å². The molecule has 0 radical (unpaired) electrons. The predicted octanol–water partition coefficient (Wildman–Crippen LogP) is 5.53. The first-order chi connectivity index (χ1) is 13.8. The zero-order valence-electron chi connectivity index (χ0n) is 17.7. The number of nitrogens with zero attached hydrogens (tertiary/aromatic N) is 1. The van der Waals surface area contributed by atoms with Crippen LogP contribution in [0.4, 0.5) is 5.69 Å². The third-order valence-electron chi connectivity index (χ3n) is 4.80. The van der Waals surface area contributed by atoms with E-state index in [1.165, 1.54) is 5.56 Å². The molecule has 0 aliphatic heterocycles. The van der Waals surface area contributed by atoms with Crippen LogP contribution in [0.1, 0.15) is 44.2 Å². The van der Waals surface area contributed by atoms with Crippen LogP contribution in [0.5, 0.6) is 5.75 Å². The van der Waals surface area contributed by atoms with E-state index in [4.69, 9.17) is 9.15 Å². The highest BCUT2D eigenvalue weighted by Crippen LogP contribution is 2.31. The third kappa shape index (κ3) is 5.25. The van der Waals surface area contributed by atoms with Crippen molar-refractivity contribution in [2.45, 2.75) is 46.0 Å². The van der Waals surface area contributed by atoms with E-state index >= 15 is 0 Å². The third-order valence-corrected chi connectivity index (χ3v) is 4.80. The standard InChI is InChI=1S/C24H28N2O3/c1-16-6-8-17(9-7-16)21-15-25-23(29-21)13-12-22(27)26-19-14-18(24(2,3)4)10-11-20(19)28-5/h6-11,14-15H,12-13H2,1-5H3,(H,26,27). The molecule has 5 heteroatoms. The SMILES string of the molecule is COc1ccc(C(C)(C)C)cc1NC(=O)CCc1ncc(-c2ccc(C)cc2)o1. The fourth-order valence-corrected chi connectivity index (χ4v) is 2.98. The van der Waals surface area contributed by atoms with Crippen molar-refractivity contribution in [3.05, 3.63) is 65.7 Å². The Bertz CT molecular complexity index is 982. The fourth-order valence-electron chi connectivity index (χ4n) is 2.98. The maximum absolute atomic E-state index is 12.5. The van der Waals surface area contributed by atoms with Gasteiger partial charge >= 0.3 is 0 Å². The number of benzene rings is 2. The van der Waals surface area contributed by atoms with E-state index in [0.29, 0.717) is 29.5 Å². The van der Waals surface area contributed by atoms with Crippen LogP contribution in [0, 0.1) is 6.92 Å². The summed E-state index contributed by atoms with van der Waals surface area (Å²) in [4.78, 5) is 16.8. The summed E-state index contributed by atoms with van der Waals surface area (Å²) >= 11 is 0. The minimum Gasteiger partial charge on any atom is -0.495 e. The van der Waals surface area contributed by atoms with E-state index < -0.39 is 0 Å². The van der Waals surface area contributed by atoms with Gasteiger partial charge in [-0.1, -0.05) is 56.7 Å². The number of carbonyl (C=O) groups excluding carboxylic acids is 1. The number of methoxy groups -OCH3 is 1. The smallest absolute Gasteiger partial charge is 0.224 e. The first-order valence-corrected chi connectivity index (χ1v) is 9.76. The summed E-state index contributed by atoms with van der Waals surface area (Å²) in [5, 5.41) is 2.96. The van der Waals surface area contributed by atoms with Crippen LogP contribution in [0.2, 0.25) is 0 Å². The average molecular weight is 392 g/mol. The Balaban J connectivity index is 1.64. The second kappa shape index (κ2) is 8.52. The number of anilines is 1. The van der Waals surface area contributed by atoms with Crippen molar-refractivity contribution in [3.63, 3.8) is 0 Å². The molecule has 0 aliphatic carbocycles. The van der Waals surface area contributed by atoms with Gasteiger partial charge < -0.3 is 14.5 Å². The highest BCUT2D eigenvalue weighted by Gasteiger charge is 2.17. The van der Waals surface area contributed by atoms with Gasteiger partial charge in [0.15, 0.2) is 11.7 Å². The topological polar surface area (TPSA) is 64.4 Å². The summed E-state index contributed by atoms with van der Waals surface area (Å²) in [6.45, 7) is 8.44. The monoisotopic (exact) mass is 392 g/mol. The van der Waals surface area contributed by atoms with Crippen molar-refractivity contribution >= 4 is 11.6 Å². The van der Waals surface area contributed by atoms with Crippen molar-refractivity contribution in [1.82, 2.24) is 4.98 Å². The molecule has 0 fully saturated rings. The molecule has 152 valence electrons. The second-order valence-corrected chi connectivity index (χ2v) is 8.20. The van der Waals surface area contributed by atoms with Crippen LogP contribution in [-0.2, 0) is 16.6 Å². The molecule has 0 spiro atoms. The Kier molecular flexibility index (Phi) is 6.06. The normalized spacial score (nSPS) is 11.3. The molecule has 0 unspecified atom stereocenters.